The van der Waals surface area contributed by atoms with E-state index in [9.17, 15) is 17.2 Å². The number of nitrogens with one attached hydrogen (secondary N) is 1. The van der Waals surface area contributed by atoms with Crippen molar-refractivity contribution in [2.24, 2.45) is 0 Å². The van der Waals surface area contributed by atoms with Crippen molar-refractivity contribution in [2.45, 2.75) is 23.3 Å². The monoisotopic (exact) mass is 353 g/mol. The van der Waals surface area contributed by atoms with Gasteiger partial charge < -0.3 is 4.74 Å². The quantitative estimate of drug-likeness (QED) is 0.898. The fourth-order valence-corrected chi connectivity index (χ4v) is 4.08. The van der Waals surface area contributed by atoms with E-state index in [1.54, 1.807) is 0 Å². The SMILES string of the molecule is COC1(CNS(=O)(=O)c2ccc(F)c(F)c2)Cc2ccccc2C1. The first-order valence-corrected chi connectivity index (χ1v) is 8.90. The summed E-state index contributed by atoms with van der Waals surface area (Å²) in [5, 5.41) is 0. The topological polar surface area (TPSA) is 55.4 Å². The minimum absolute atomic E-state index is 0.0412. The molecule has 128 valence electrons. The molecule has 0 aliphatic heterocycles. The summed E-state index contributed by atoms with van der Waals surface area (Å²) in [5.74, 6) is -2.29. The number of hydrogen-bond acceptors (Lipinski definition) is 3. The standard InChI is InChI=1S/C17H17F2NO3S/c1-23-17(9-12-4-2-3-5-13(12)10-17)11-20-24(21,22)14-6-7-15(18)16(19)8-14/h2-8,20H,9-11H2,1H3. The molecular weight excluding hydrogens is 336 g/mol. The van der Waals surface area contributed by atoms with Gasteiger partial charge in [0, 0.05) is 26.5 Å². The third-order valence-electron chi connectivity index (χ3n) is 4.36. The first kappa shape index (κ1) is 17.0. The molecule has 0 fully saturated rings. The van der Waals surface area contributed by atoms with Crippen LogP contribution in [0.2, 0.25) is 0 Å². The van der Waals surface area contributed by atoms with Crippen molar-refractivity contribution >= 4 is 10.0 Å². The van der Waals surface area contributed by atoms with Crippen LogP contribution < -0.4 is 4.72 Å². The molecule has 0 heterocycles. The molecule has 0 unspecified atom stereocenters. The van der Waals surface area contributed by atoms with E-state index in [0.29, 0.717) is 18.9 Å². The zero-order chi connectivity index (χ0) is 17.4. The van der Waals surface area contributed by atoms with Gasteiger partial charge >= 0.3 is 0 Å². The van der Waals surface area contributed by atoms with E-state index < -0.39 is 27.3 Å². The Labute approximate surface area is 139 Å². The molecule has 1 N–H and O–H groups in total. The number of hydrogen-bond donors (Lipinski definition) is 1. The first-order chi connectivity index (χ1) is 11.4. The molecule has 1 aliphatic carbocycles. The molecule has 2 aromatic carbocycles. The van der Waals surface area contributed by atoms with E-state index in [1.807, 2.05) is 24.3 Å². The van der Waals surface area contributed by atoms with Crippen LogP contribution in [0.25, 0.3) is 0 Å². The second-order valence-corrected chi connectivity index (χ2v) is 7.68. The van der Waals surface area contributed by atoms with E-state index in [4.69, 9.17) is 4.74 Å². The normalized spacial score (nSPS) is 16.1. The number of fused-ring (bicyclic) bond motifs is 1. The highest BCUT2D eigenvalue weighted by Crippen LogP contribution is 2.32. The van der Waals surface area contributed by atoms with Crippen LogP contribution in [0.3, 0.4) is 0 Å². The van der Waals surface area contributed by atoms with Crippen LogP contribution in [0.4, 0.5) is 8.78 Å². The lowest BCUT2D eigenvalue weighted by Gasteiger charge is -2.27. The van der Waals surface area contributed by atoms with Gasteiger partial charge in [-0.2, -0.15) is 0 Å². The van der Waals surface area contributed by atoms with Crippen LogP contribution in [0, 0.1) is 11.6 Å². The van der Waals surface area contributed by atoms with Crippen LogP contribution in [0.5, 0.6) is 0 Å². The molecule has 4 nitrogen and oxygen atoms in total. The highest BCUT2D eigenvalue weighted by molar-refractivity contribution is 7.89. The molecular formula is C17H17F2NO3S. The predicted molar refractivity (Wildman–Crippen MR) is 85.1 cm³/mol. The molecule has 2 aromatic rings. The lowest BCUT2D eigenvalue weighted by molar-refractivity contribution is 0.00378. The molecule has 7 heteroatoms. The second-order valence-electron chi connectivity index (χ2n) is 5.91. The van der Waals surface area contributed by atoms with Crippen molar-refractivity contribution in [3.63, 3.8) is 0 Å². The molecule has 0 atom stereocenters. The third-order valence-corrected chi connectivity index (χ3v) is 5.76. The zero-order valence-corrected chi connectivity index (χ0v) is 13.9. The molecule has 0 spiro atoms. The van der Waals surface area contributed by atoms with Crippen molar-refractivity contribution in [1.82, 2.24) is 4.72 Å². The maximum absolute atomic E-state index is 13.3. The predicted octanol–water partition coefficient (Wildman–Crippen LogP) is 2.43. The number of halogens is 2. The molecule has 3 rings (SSSR count). The fourth-order valence-electron chi connectivity index (χ4n) is 2.95. The van der Waals surface area contributed by atoms with Crippen molar-refractivity contribution in [1.29, 1.82) is 0 Å². The molecule has 0 saturated carbocycles. The number of benzene rings is 2. The maximum atomic E-state index is 13.3. The Morgan fingerprint density at radius 1 is 1.08 bits per heavy atom. The third kappa shape index (κ3) is 3.19. The Bertz CT molecular complexity index is 843. The number of methoxy groups -OCH3 is 1. The summed E-state index contributed by atoms with van der Waals surface area (Å²) in [7, 11) is -2.42. The van der Waals surface area contributed by atoms with Crippen LogP contribution >= 0.6 is 0 Å². The van der Waals surface area contributed by atoms with E-state index in [1.165, 1.54) is 7.11 Å². The van der Waals surface area contributed by atoms with Gasteiger partial charge in [0.15, 0.2) is 11.6 Å². The maximum Gasteiger partial charge on any atom is 0.240 e. The lowest BCUT2D eigenvalue weighted by Crippen LogP contribution is -2.45. The van der Waals surface area contributed by atoms with Crippen LogP contribution in [-0.4, -0.2) is 27.7 Å². The van der Waals surface area contributed by atoms with E-state index in [-0.39, 0.29) is 11.4 Å². The van der Waals surface area contributed by atoms with E-state index in [0.717, 1.165) is 23.3 Å². The molecule has 0 aromatic heterocycles. The van der Waals surface area contributed by atoms with Crippen LogP contribution in [0.15, 0.2) is 47.4 Å². The Kier molecular flexibility index (Phi) is 4.42. The Morgan fingerprint density at radius 3 is 2.25 bits per heavy atom. The average molecular weight is 353 g/mol. The lowest BCUT2D eigenvalue weighted by atomic mass is 10.0. The molecule has 0 radical (unpaired) electrons. The minimum Gasteiger partial charge on any atom is -0.376 e. The first-order valence-electron chi connectivity index (χ1n) is 7.42. The Hall–Kier alpha value is -1.83. The summed E-state index contributed by atoms with van der Waals surface area (Å²) >= 11 is 0. The number of ether oxygens (including phenoxy) is 1. The minimum atomic E-state index is -3.96. The second kappa shape index (κ2) is 6.23. The van der Waals surface area contributed by atoms with Gasteiger partial charge in [0.25, 0.3) is 0 Å². The highest BCUT2D eigenvalue weighted by atomic mass is 32.2. The highest BCUT2D eigenvalue weighted by Gasteiger charge is 2.38. The summed E-state index contributed by atoms with van der Waals surface area (Å²) < 4.78 is 59.0. The van der Waals surface area contributed by atoms with Crippen molar-refractivity contribution in [2.75, 3.05) is 13.7 Å². The van der Waals surface area contributed by atoms with Crippen molar-refractivity contribution in [3.8, 4) is 0 Å². The smallest absolute Gasteiger partial charge is 0.240 e. The van der Waals surface area contributed by atoms with Crippen molar-refractivity contribution < 1.29 is 21.9 Å². The van der Waals surface area contributed by atoms with Gasteiger partial charge in [-0.25, -0.2) is 21.9 Å². The van der Waals surface area contributed by atoms with Gasteiger partial charge in [0.1, 0.15) is 0 Å². The molecule has 0 bridgehead atoms. The summed E-state index contributed by atoms with van der Waals surface area (Å²) in [6.07, 6.45) is 1.17. The van der Waals surface area contributed by atoms with Gasteiger partial charge in [-0.15, -0.1) is 0 Å². The van der Waals surface area contributed by atoms with Gasteiger partial charge in [0.05, 0.1) is 10.5 Å². The molecule has 0 saturated heterocycles. The van der Waals surface area contributed by atoms with Crippen LogP contribution in [0.1, 0.15) is 11.1 Å². The Balaban J connectivity index is 1.78. The summed E-state index contributed by atoms with van der Waals surface area (Å²) in [5.41, 5.74) is 1.55. The largest absolute Gasteiger partial charge is 0.376 e. The average Bonchev–Trinajstić information content (AvgIpc) is 2.95. The van der Waals surface area contributed by atoms with Gasteiger partial charge in [-0.05, 0) is 29.3 Å². The van der Waals surface area contributed by atoms with Crippen molar-refractivity contribution in [3.05, 3.63) is 65.2 Å². The van der Waals surface area contributed by atoms with Gasteiger partial charge in [-0.3, -0.25) is 0 Å². The molecule has 24 heavy (non-hydrogen) atoms. The van der Waals surface area contributed by atoms with E-state index >= 15 is 0 Å². The number of sulfonamides is 1. The van der Waals surface area contributed by atoms with E-state index in [2.05, 4.69) is 4.72 Å². The fraction of sp³-hybridized carbons (Fsp3) is 0.294. The zero-order valence-electron chi connectivity index (χ0n) is 13.1. The van der Waals surface area contributed by atoms with Crippen LogP contribution in [-0.2, 0) is 27.6 Å². The Morgan fingerprint density at radius 2 is 1.71 bits per heavy atom. The van der Waals surface area contributed by atoms with Gasteiger partial charge in [0.2, 0.25) is 10.0 Å². The summed E-state index contributed by atoms with van der Waals surface area (Å²) in [6, 6.07) is 10.3. The number of rotatable bonds is 5. The summed E-state index contributed by atoms with van der Waals surface area (Å²) in [4.78, 5) is -0.317. The summed E-state index contributed by atoms with van der Waals surface area (Å²) in [6.45, 7) is 0.0412. The molecule has 1 aliphatic rings. The molecule has 0 amide bonds. The van der Waals surface area contributed by atoms with Gasteiger partial charge in [-0.1, -0.05) is 24.3 Å².